The molecule has 0 radical (unpaired) electrons. The molecule has 5 heteroatoms. The topological polar surface area (TPSA) is 42.2 Å². The lowest BCUT2D eigenvalue weighted by Gasteiger charge is -2.13. The number of halogens is 2. The highest BCUT2D eigenvalue weighted by Crippen LogP contribution is 2.29. The zero-order valence-electron chi connectivity index (χ0n) is 8.71. The molecule has 3 nitrogen and oxygen atoms in total. The number of hydrogen-bond acceptors (Lipinski definition) is 2. The Bertz CT molecular complexity index is 378. The molecule has 1 aliphatic carbocycles. The minimum atomic E-state index is -0.200. The summed E-state index contributed by atoms with van der Waals surface area (Å²) in [7, 11) is 0. The van der Waals surface area contributed by atoms with Gasteiger partial charge in [-0.2, -0.15) is 0 Å². The minimum Gasteiger partial charge on any atom is -0.452 e. The lowest BCUT2D eigenvalue weighted by molar-refractivity contribution is 0.0947. The van der Waals surface area contributed by atoms with E-state index < -0.39 is 0 Å². The van der Waals surface area contributed by atoms with E-state index in [0.29, 0.717) is 18.0 Å². The Morgan fingerprint density at radius 2 is 2.38 bits per heavy atom. The van der Waals surface area contributed by atoms with Crippen LogP contribution in [-0.4, -0.2) is 17.8 Å². The number of amides is 1. The molecular weight excluding hydrogens is 249 g/mol. The smallest absolute Gasteiger partial charge is 0.256 e. The molecule has 1 heterocycles. The number of nitrogens with one attached hydrogen (secondary N) is 1. The number of carbonyl (C=O) groups is 1. The summed E-state index contributed by atoms with van der Waals surface area (Å²) >= 11 is 11.8. The van der Waals surface area contributed by atoms with E-state index in [2.05, 4.69) is 5.32 Å². The first kappa shape index (κ1) is 11.8. The van der Waals surface area contributed by atoms with Crippen molar-refractivity contribution in [2.24, 2.45) is 5.92 Å². The second kappa shape index (κ2) is 5.11. The van der Waals surface area contributed by atoms with Crippen molar-refractivity contribution in [1.82, 2.24) is 5.32 Å². The fraction of sp³-hybridized carbons (Fsp3) is 0.545. The number of rotatable bonds is 3. The molecule has 0 saturated heterocycles. The molecule has 0 spiro atoms. The molecule has 2 unspecified atom stereocenters. The second-order valence-electron chi connectivity index (χ2n) is 4.02. The first-order chi connectivity index (χ1) is 7.68. The highest BCUT2D eigenvalue weighted by molar-refractivity contribution is 6.32. The Kier molecular flexibility index (Phi) is 3.77. The lowest BCUT2D eigenvalue weighted by atomic mass is 10.1. The van der Waals surface area contributed by atoms with Gasteiger partial charge in [0, 0.05) is 11.9 Å². The molecule has 16 heavy (non-hydrogen) atoms. The first-order valence-electron chi connectivity index (χ1n) is 5.33. The summed E-state index contributed by atoms with van der Waals surface area (Å²) in [5.41, 5.74) is 0.380. The Hall–Kier alpha value is -0.670. The van der Waals surface area contributed by atoms with Crippen molar-refractivity contribution in [3.8, 4) is 0 Å². The van der Waals surface area contributed by atoms with Crippen molar-refractivity contribution in [1.29, 1.82) is 0 Å². The Morgan fingerprint density at radius 1 is 1.56 bits per heavy atom. The van der Waals surface area contributed by atoms with Crippen LogP contribution in [0.4, 0.5) is 0 Å². The second-order valence-corrected chi connectivity index (χ2v) is 4.93. The average Bonchev–Trinajstić information content (AvgIpc) is 2.84. The summed E-state index contributed by atoms with van der Waals surface area (Å²) in [4.78, 5) is 11.7. The molecule has 0 bridgehead atoms. The molecule has 2 rings (SSSR count). The molecule has 88 valence electrons. The highest BCUT2D eigenvalue weighted by Gasteiger charge is 2.26. The number of furan rings is 1. The van der Waals surface area contributed by atoms with Crippen LogP contribution in [0.1, 0.15) is 29.6 Å². The van der Waals surface area contributed by atoms with E-state index in [9.17, 15) is 4.79 Å². The molecule has 1 aromatic rings. The molecule has 0 aliphatic heterocycles. The monoisotopic (exact) mass is 261 g/mol. The number of alkyl halides is 1. The standard InChI is InChI=1S/C11H13Cl2NO2/c12-9-3-1-2-7(9)6-14-11(15)8-4-5-16-10(8)13/h4-5,7,9H,1-3,6H2,(H,14,15). The fourth-order valence-electron chi connectivity index (χ4n) is 2.00. The molecule has 1 N–H and O–H groups in total. The van der Waals surface area contributed by atoms with E-state index in [1.54, 1.807) is 6.07 Å². The van der Waals surface area contributed by atoms with Crippen molar-refractivity contribution in [2.45, 2.75) is 24.6 Å². The predicted octanol–water partition coefficient (Wildman–Crippen LogP) is 3.07. The maximum absolute atomic E-state index is 11.7. The SMILES string of the molecule is O=C(NCC1CCCC1Cl)c1ccoc1Cl. The lowest BCUT2D eigenvalue weighted by Crippen LogP contribution is -2.30. The molecule has 1 saturated carbocycles. The van der Waals surface area contributed by atoms with Crippen LogP contribution in [0.2, 0.25) is 5.22 Å². The maximum atomic E-state index is 11.7. The largest absolute Gasteiger partial charge is 0.452 e. The minimum absolute atomic E-state index is 0.131. The van der Waals surface area contributed by atoms with Gasteiger partial charge in [-0.25, -0.2) is 0 Å². The van der Waals surface area contributed by atoms with Crippen LogP contribution in [0.25, 0.3) is 0 Å². The Labute approximate surface area is 104 Å². The van der Waals surface area contributed by atoms with E-state index >= 15 is 0 Å². The van der Waals surface area contributed by atoms with Gasteiger partial charge in [-0.15, -0.1) is 11.6 Å². The van der Waals surface area contributed by atoms with Gasteiger partial charge < -0.3 is 9.73 Å². The van der Waals surface area contributed by atoms with Crippen LogP contribution in [0, 0.1) is 5.92 Å². The van der Waals surface area contributed by atoms with Crippen molar-refractivity contribution in [2.75, 3.05) is 6.54 Å². The summed E-state index contributed by atoms with van der Waals surface area (Å²) in [6.07, 6.45) is 4.65. The van der Waals surface area contributed by atoms with Crippen molar-refractivity contribution >= 4 is 29.1 Å². The predicted molar refractivity (Wildman–Crippen MR) is 63.0 cm³/mol. The average molecular weight is 262 g/mol. The quantitative estimate of drug-likeness (QED) is 0.850. The fourth-order valence-corrected chi connectivity index (χ4v) is 2.57. The van der Waals surface area contributed by atoms with Gasteiger partial charge in [0.2, 0.25) is 5.22 Å². The normalized spacial score (nSPS) is 24.6. The summed E-state index contributed by atoms with van der Waals surface area (Å²) in [6.45, 7) is 0.606. The highest BCUT2D eigenvalue weighted by atomic mass is 35.5. The summed E-state index contributed by atoms with van der Waals surface area (Å²) in [6, 6.07) is 1.56. The van der Waals surface area contributed by atoms with Gasteiger partial charge in [0.25, 0.3) is 5.91 Å². The first-order valence-corrected chi connectivity index (χ1v) is 6.15. The van der Waals surface area contributed by atoms with Crippen LogP contribution >= 0.6 is 23.2 Å². The van der Waals surface area contributed by atoms with Gasteiger partial charge in [-0.05, 0) is 36.4 Å². The van der Waals surface area contributed by atoms with Crippen LogP contribution in [0.15, 0.2) is 16.7 Å². The third-order valence-electron chi connectivity index (χ3n) is 2.95. The Morgan fingerprint density at radius 3 is 2.94 bits per heavy atom. The Balaban J connectivity index is 1.86. The van der Waals surface area contributed by atoms with Gasteiger partial charge in [-0.3, -0.25) is 4.79 Å². The molecular formula is C11H13Cl2NO2. The van der Waals surface area contributed by atoms with Gasteiger partial charge in [0.1, 0.15) is 0 Å². The van der Waals surface area contributed by atoms with E-state index in [0.717, 1.165) is 19.3 Å². The van der Waals surface area contributed by atoms with E-state index in [1.165, 1.54) is 6.26 Å². The summed E-state index contributed by atoms with van der Waals surface area (Å²) in [5, 5.41) is 3.14. The van der Waals surface area contributed by atoms with Crippen molar-refractivity contribution in [3.63, 3.8) is 0 Å². The maximum Gasteiger partial charge on any atom is 0.256 e. The van der Waals surface area contributed by atoms with Crippen molar-refractivity contribution in [3.05, 3.63) is 23.1 Å². The molecule has 1 aromatic heterocycles. The molecule has 2 atom stereocenters. The third-order valence-corrected chi connectivity index (χ3v) is 3.82. The van der Waals surface area contributed by atoms with Crippen LogP contribution in [0.5, 0.6) is 0 Å². The zero-order chi connectivity index (χ0) is 11.5. The van der Waals surface area contributed by atoms with Crippen LogP contribution in [0.3, 0.4) is 0 Å². The third kappa shape index (κ3) is 2.53. The molecule has 1 amide bonds. The number of hydrogen-bond donors (Lipinski definition) is 1. The number of carbonyl (C=O) groups excluding carboxylic acids is 1. The summed E-state index contributed by atoms with van der Waals surface area (Å²) in [5.74, 6) is 0.172. The van der Waals surface area contributed by atoms with Crippen LogP contribution in [-0.2, 0) is 0 Å². The van der Waals surface area contributed by atoms with Crippen LogP contribution < -0.4 is 5.32 Å². The van der Waals surface area contributed by atoms with Gasteiger partial charge in [0.05, 0.1) is 11.8 Å². The molecule has 1 aliphatic rings. The van der Waals surface area contributed by atoms with E-state index in [4.69, 9.17) is 27.6 Å². The van der Waals surface area contributed by atoms with E-state index in [1.807, 2.05) is 0 Å². The molecule has 0 aromatic carbocycles. The zero-order valence-corrected chi connectivity index (χ0v) is 10.2. The van der Waals surface area contributed by atoms with E-state index in [-0.39, 0.29) is 16.5 Å². The van der Waals surface area contributed by atoms with Gasteiger partial charge >= 0.3 is 0 Å². The summed E-state index contributed by atoms with van der Waals surface area (Å²) < 4.78 is 4.86. The van der Waals surface area contributed by atoms with Crippen molar-refractivity contribution < 1.29 is 9.21 Å². The molecule has 1 fully saturated rings. The van der Waals surface area contributed by atoms with Gasteiger partial charge in [-0.1, -0.05) is 6.42 Å². The van der Waals surface area contributed by atoms with Gasteiger partial charge in [0.15, 0.2) is 0 Å².